The Labute approximate surface area is 79.7 Å². The molecule has 74 valence electrons. The van der Waals surface area contributed by atoms with Crippen LogP contribution >= 0.6 is 12.4 Å². The Kier molecular flexibility index (Phi) is 9.09. The van der Waals surface area contributed by atoms with Crippen LogP contribution < -0.4 is 5.73 Å². The highest BCUT2D eigenvalue weighted by Crippen LogP contribution is 2.15. The Balaban J connectivity index is 0. The quantitative estimate of drug-likeness (QED) is 0.539. The number of rotatable bonds is 6. The second kappa shape index (κ2) is 7.55. The van der Waals surface area contributed by atoms with Crippen molar-refractivity contribution in [2.24, 2.45) is 5.73 Å². The Bertz CT molecular complexity index is 114. The largest absolute Gasteiger partial charge is 0.396 e. The van der Waals surface area contributed by atoms with Gasteiger partial charge in [-0.3, -0.25) is 0 Å². The fourth-order valence-corrected chi connectivity index (χ4v) is 1.06. The molecule has 0 saturated heterocycles. The summed E-state index contributed by atoms with van der Waals surface area (Å²) in [4.78, 5) is 0. The van der Waals surface area contributed by atoms with Crippen LogP contribution in [0.2, 0.25) is 0 Å². The second-order valence-corrected chi connectivity index (χ2v) is 2.80. The van der Waals surface area contributed by atoms with Crippen LogP contribution in [0.3, 0.4) is 0 Å². The zero-order valence-electron chi connectivity index (χ0n) is 7.20. The molecule has 0 aromatic heterocycles. The highest BCUT2D eigenvalue weighted by molar-refractivity contribution is 5.85. The monoisotopic (exact) mass is 195 g/mol. The van der Waals surface area contributed by atoms with Crippen molar-refractivity contribution >= 4 is 12.4 Å². The summed E-state index contributed by atoms with van der Waals surface area (Å²) in [7, 11) is 0. The lowest BCUT2D eigenvalue weighted by atomic mass is 9.89. The van der Waals surface area contributed by atoms with E-state index in [1.165, 1.54) is 0 Å². The standard InChI is InChI=1S/C8H17NO2.ClH/c1-2-3-8(9,4-6-10)5-7-11;/h2,10-11H,1,3-7,9H2;1H. The molecular formula is C8H18ClNO2. The summed E-state index contributed by atoms with van der Waals surface area (Å²) >= 11 is 0. The van der Waals surface area contributed by atoms with Crippen LogP contribution in [0.15, 0.2) is 12.7 Å². The first kappa shape index (κ1) is 14.4. The molecule has 0 amide bonds. The van der Waals surface area contributed by atoms with Crippen molar-refractivity contribution in [2.75, 3.05) is 13.2 Å². The molecule has 0 aliphatic heterocycles. The third-order valence-electron chi connectivity index (χ3n) is 1.77. The van der Waals surface area contributed by atoms with Gasteiger partial charge in [0.15, 0.2) is 0 Å². The van der Waals surface area contributed by atoms with Gasteiger partial charge in [-0.2, -0.15) is 0 Å². The molecule has 0 unspecified atom stereocenters. The van der Waals surface area contributed by atoms with Gasteiger partial charge in [-0.1, -0.05) is 6.08 Å². The highest BCUT2D eigenvalue weighted by Gasteiger charge is 2.21. The molecule has 0 heterocycles. The van der Waals surface area contributed by atoms with Crippen LogP contribution in [0, 0.1) is 0 Å². The van der Waals surface area contributed by atoms with E-state index in [0.29, 0.717) is 19.3 Å². The van der Waals surface area contributed by atoms with Crippen molar-refractivity contribution in [3.63, 3.8) is 0 Å². The summed E-state index contributed by atoms with van der Waals surface area (Å²) < 4.78 is 0. The molecule has 3 nitrogen and oxygen atoms in total. The minimum Gasteiger partial charge on any atom is -0.396 e. The van der Waals surface area contributed by atoms with E-state index in [9.17, 15) is 0 Å². The average Bonchev–Trinajstić information content (AvgIpc) is 1.88. The zero-order chi connectivity index (χ0) is 8.74. The summed E-state index contributed by atoms with van der Waals surface area (Å²) in [6.07, 6.45) is 3.37. The first-order valence-electron chi connectivity index (χ1n) is 3.80. The lowest BCUT2D eigenvalue weighted by Gasteiger charge is -2.26. The third kappa shape index (κ3) is 5.55. The number of aliphatic hydroxyl groups excluding tert-OH is 2. The Morgan fingerprint density at radius 2 is 1.67 bits per heavy atom. The smallest absolute Gasteiger partial charge is 0.0448 e. The van der Waals surface area contributed by atoms with E-state index in [1.54, 1.807) is 6.08 Å². The Hall–Kier alpha value is -0.0900. The molecule has 0 saturated carbocycles. The maximum atomic E-state index is 8.66. The lowest BCUT2D eigenvalue weighted by molar-refractivity contribution is 0.194. The maximum Gasteiger partial charge on any atom is 0.0448 e. The molecule has 0 radical (unpaired) electrons. The molecule has 0 bridgehead atoms. The second-order valence-electron chi connectivity index (χ2n) is 2.80. The van der Waals surface area contributed by atoms with Crippen molar-refractivity contribution in [2.45, 2.75) is 24.8 Å². The van der Waals surface area contributed by atoms with Gasteiger partial charge in [0.2, 0.25) is 0 Å². The fraction of sp³-hybridized carbons (Fsp3) is 0.750. The number of nitrogens with two attached hydrogens (primary N) is 1. The number of hydrogen-bond donors (Lipinski definition) is 3. The van der Waals surface area contributed by atoms with E-state index in [2.05, 4.69) is 6.58 Å². The van der Waals surface area contributed by atoms with Crippen LogP contribution in [0.5, 0.6) is 0 Å². The first-order chi connectivity index (χ1) is 5.18. The number of aliphatic hydroxyl groups is 2. The molecule has 0 aliphatic rings. The number of hydrogen-bond acceptors (Lipinski definition) is 3. The average molecular weight is 196 g/mol. The van der Waals surface area contributed by atoms with E-state index >= 15 is 0 Å². The summed E-state index contributed by atoms with van der Waals surface area (Å²) in [5.74, 6) is 0. The minimum atomic E-state index is -0.467. The lowest BCUT2D eigenvalue weighted by Crippen LogP contribution is -2.41. The molecule has 0 aromatic carbocycles. The van der Waals surface area contributed by atoms with E-state index in [4.69, 9.17) is 15.9 Å². The van der Waals surface area contributed by atoms with Crippen LogP contribution in [0.4, 0.5) is 0 Å². The van der Waals surface area contributed by atoms with E-state index in [-0.39, 0.29) is 25.6 Å². The molecule has 4 heteroatoms. The first-order valence-corrected chi connectivity index (χ1v) is 3.80. The Morgan fingerprint density at radius 1 is 1.25 bits per heavy atom. The third-order valence-corrected chi connectivity index (χ3v) is 1.77. The van der Waals surface area contributed by atoms with Gasteiger partial charge in [0.05, 0.1) is 0 Å². The molecule has 0 aromatic rings. The maximum absolute atomic E-state index is 8.66. The summed E-state index contributed by atoms with van der Waals surface area (Å²) in [6.45, 7) is 3.69. The van der Waals surface area contributed by atoms with Crippen molar-refractivity contribution in [3.05, 3.63) is 12.7 Å². The van der Waals surface area contributed by atoms with Gasteiger partial charge < -0.3 is 15.9 Å². The molecule has 0 fully saturated rings. The van der Waals surface area contributed by atoms with Crippen LogP contribution in [-0.2, 0) is 0 Å². The topological polar surface area (TPSA) is 66.5 Å². The minimum absolute atomic E-state index is 0. The SMILES string of the molecule is C=CCC(N)(CCO)CCO.Cl. The van der Waals surface area contributed by atoms with E-state index in [0.717, 1.165) is 0 Å². The zero-order valence-corrected chi connectivity index (χ0v) is 8.02. The van der Waals surface area contributed by atoms with Gasteiger partial charge in [-0.25, -0.2) is 0 Å². The summed E-state index contributed by atoms with van der Waals surface area (Å²) in [6, 6.07) is 0. The van der Waals surface area contributed by atoms with Gasteiger partial charge in [0.25, 0.3) is 0 Å². The van der Waals surface area contributed by atoms with Crippen molar-refractivity contribution in [1.82, 2.24) is 0 Å². The summed E-state index contributed by atoms with van der Waals surface area (Å²) in [5, 5.41) is 17.3. The molecule has 0 atom stereocenters. The summed E-state index contributed by atoms with van der Waals surface area (Å²) in [5.41, 5.74) is 5.37. The van der Waals surface area contributed by atoms with Crippen LogP contribution in [0.25, 0.3) is 0 Å². The molecule has 0 aliphatic carbocycles. The Morgan fingerprint density at radius 3 is 1.92 bits per heavy atom. The fourth-order valence-electron chi connectivity index (χ4n) is 1.06. The highest BCUT2D eigenvalue weighted by atomic mass is 35.5. The van der Waals surface area contributed by atoms with Gasteiger partial charge in [0.1, 0.15) is 0 Å². The predicted molar refractivity (Wildman–Crippen MR) is 52.4 cm³/mol. The van der Waals surface area contributed by atoms with Crippen LogP contribution in [0.1, 0.15) is 19.3 Å². The predicted octanol–water partition coefficient (Wildman–Crippen LogP) is 0.447. The van der Waals surface area contributed by atoms with Gasteiger partial charge in [-0.05, 0) is 19.3 Å². The molecule has 12 heavy (non-hydrogen) atoms. The number of halogens is 1. The van der Waals surface area contributed by atoms with Gasteiger partial charge >= 0.3 is 0 Å². The normalized spacial score (nSPS) is 10.6. The van der Waals surface area contributed by atoms with Crippen molar-refractivity contribution in [3.8, 4) is 0 Å². The van der Waals surface area contributed by atoms with Gasteiger partial charge in [-0.15, -0.1) is 19.0 Å². The molecule has 0 spiro atoms. The van der Waals surface area contributed by atoms with E-state index in [1.807, 2.05) is 0 Å². The van der Waals surface area contributed by atoms with E-state index < -0.39 is 5.54 Å². The van der Waals surface area contributed by atoms with Crippen molar-refractivity contribution in [1.29, 1.82) is 0 Å². The van der Waals surface area contributed by atoms with Gasteiger partial charge in [0, 0.05) is 18.8 Å². The molecule has 4 N–H and O–H groups in total. The molecular weight excluding hydrogens is 178 g/mol. The molecule has 0 rings (SSSR count). The van der Waals surface area contributed by atoms with Crippen molar-refractivity contribution < 1.29 is 10.2 Å². The van der Waals surface area contributed by atoms with Crippen LogP contribution in [-0.4, -0.2) is 29.0 Å².